The average molecular weight is 1070 g/mol. The second-order valence-corrected chi connectivity index (χ2v) is 24.0. The number of Topliss-reactive ketones (excluding diaryl/α,β-unsaturated/α-hetero) is 2. The average Bonchev–Trinajstić information content (AvgIpc) is 3.90. The number of aromatic nitrogens is 1. The first-order valence-electron chi connectivity index (χ1n) is 29.4. The number of methoxy groups -OCH3 is 1. The molecule has 12 heteroatoms. The molecule has 0 amide bonds. The number of rotatable bonds is 5. The fraction of sp³-hybridized carbons (Fsp3) is 0.493. The molecule has 12 nitrogen and oxygen atoms in total. The van der Waals surface area contributed by atoms with Crippen molar-refractivity contribution in [2.75, 3.05) is 32.1 Å². The van der Waals surface area contributed by atoms with Gasteiger partial charge in [-0.2, -0.15) is 0 Å². The number of ketones is 2. The molecule has 0 spiro atoms. The number of phenolic OH excluding ortho intramolecular Hbond substituents is 2. The van der Waals surface area contributed by atoms with Crippen molar-refractivity contribution in [3.63, 3.8) is 0 Å². The number of aliphatic hydroxyl groups excluding tert-OH is 3. The number of carbonyl (C=O) groups is 2. The van der Waals surface area contributed by atoms with Crippen LogP contribution in [-0.4, -0.2) is 87.1 Å². The smallest absolute Gasteiger partial charge is 0.173 e. The van der Waals surface area contributed by atoms with Crippen LogP contribution in [0.2, 0.25) is 0 Å². The molecule has 9 bridgehead atoms. The van der Waals surface area contributed by atoms with Gasteiger partial charge in [-0.05, 0) is 168 Å². The summed E-state index contributed by atoms with van der Waals surface area (Å²) in [6, 6.07) is 24.0. The first-order valence-corrected chi connectivity index (χ1v) is 29.4. The lowest BCUT2D eigenvalue weighted by molar-refractivity contribution is -0.142. The summed E-state index contributed by atoms with van der Waals surface area (Å²) in [5.41, 5.74) is 8.43. The first kappa shape index (κ1) is 55.9. The Balaban J connectivity index is 1.08. The number of anilines is 1. The zero-order valence-electron chi connectivity index (χ0n) is 46.6. The summed E-state index contributed by atoms with van der Waals surface area (Å²) in [5.74, 6) is 6.57. The highest BCUT2D eigenvalue weighted by molar-refractivity contribution is 6.06. The summed E-state index contributed by atoms with van der Waals surface area (Å²) in [4.78, 5) is 33.0. The molecule has 2 aliphatic heterocycles. The van der Waals surface area contributed by atoms with E-state index < -0.39 is 47.6 Å². The number of benzene rings is 4. The maximum absolute atomic E-state index is 15.2. The normalized spacial score (nSPS) is 29.3. The Morgan fingerprint density at radius 2 is 1.63 bits per heavy atom. The van der Waals surface area contributed by atoms with E-state index in [0.717, 1.165) is 82.5 Å². The fourth-order valence-electron chi connectivity index (χ4n) is 14.1. The van der Waals surface area contributed by atoms with Gasteiger partial charge in [-0.15, -0.1) is 0 Å². The number of allylic oxidation sites excluding steroid dienone is 2. The van der Waals surface area contributed by atoms with Crippen LogP contribution in [0.3, 0.4) is 0 Å². The van der Waals surface area contributed by atoms with Gasteiger partial charge in [-0.1, -0.05) is 100 Å². The third kappa shape index (κ3) is 12.8. The third-order valence-corrected chi connectivity index (χ3v) is 18.3. The van der Waals surface area contributed by atoms with Crippen LogP contribution in [0.1, 0.15) is 148 Å². The van der Waals surface area contributed by atoms with Crippen molar-refractivity contribution in [3.8, 4) is 29.1 Å². The summed E-state index contributed by atoms with van der Waals surface area (Å²) in [5, 5.41) is 70.9. The molecule has 9 N–H and O–H groups in total. The van der Waals surface area contributed by atoms with Crippen molar-refractivity contribution in [3.05, 3.63) is 142 Å². The number of ether oxygens (including phenoxy) is 1. The highest BCUT2D eigenvalue weighted by atomic mass is 16.5. The maximum atomic E-state index is 15.2. The molecule has 0 saturated heterocycles. The largest absolute Gasteiger partial charge is 0.507 e. The van der Waals surface area contributed by atoms with Gasteiger partial charge in [0.05, 0.1) is 25.2 Å². The van der Waals surface area contributed by atoms with Crippen LogP contribution in [0.5, 0.6) is 17.2 Å². The van der Waals surface area contributed by atoms with Crippen molar-refractivity contribution in [2.45, 2.75) is 147 Å². The lowest BCUT2D eigenvalue weighted by Gasteiger charge is -2.33. The summed E-state index contributed by atoms with van der Waals surface area (Å²) in [7, 11) is 1.51. The number of phenols is 2. The van der Waals surface area contributed by atoms with Crippen molar-refractivity contribution in [1.82, 2.24) is 15.6 Å². The predicted molar refractivity (Wildman–Crippen MR) is 311 cm³/mol. The van der Waals surface area contributed by atoms with Gasteiger partial charge < -0.3 is 51.2 Å². The van der Waals surface area contributed by atoms with Crippen LogP contribution < -0.4 is 20.7 Å². The summed E-state index contributed by atoms with van der Waals surface area (Å²) in [6.45, 7) is 8.13. The van der Waals surface area contributed by atoms with E-state index in [1.165, 1.54) is 19.1 Å². The highest BCUT2D eigenvalue weighted by Gasteiger charge is 2.44. The molecule has 79 heavy (non-hydrogen) atoms. The minimum atomic E-state index is -1.84. The summed E-state index contributed by atoms with van der Waals surface area (Å²) < 4.78 is 5.63. The second-order valence-electron chi connectivity index (χ2n) is 24.0. The zero-order valence-corrected chi connectivity index (χ0v) is 46.6. The monoisotopic (exact) mass is 1070 g/mol. The van der Waals surface area contributed by atoms with E-state index in [0.29, 0.717) is 74.5 Å². The van der Waals surface area contributed by atoms with Crippen molar-refractivity contribution in [1.29, 1.82) is 0 Å². The molecule has 5 aliphatic rings. The van der Waals surface area contributed by atoms with E-state index in [1.54, 1.807) is 12.1 Å². The Labute approximate surface area is 466 Å². The number of aromatic amines is 1. The van der Waals surface area contributed by atoms with Gasteiger partial charge in [0.2, 0.25) is 0 Å². The second kappa shape index (κ2) is 25.0. The van der Waals surface area contributed by atoms with Crippen LogP contribution in [-0.2, 0) is 28.9 Å². The minimum Gasteiger partial charge on any atom is -0.507 e. The quantitative estimate of drug-likeness (QED) is 0.0600. The van der Waals surface area contributed by atoms with Crippen LogP contribution in [0.4, 0.5) is 5.69 Å². The Kier molecular flexibility index (Phi) is 17.7. The molecule has 10 rings (SSSR count). The van der Waals surface area contributed by atoms with Gasteiger partial charge in [0, 0.05) is 73.7 Å². The number of hydrogen-bond acceptors (Lipinski definition) is 11. The number of aliphatic hydroxyl groups is 3. The van der Waals surface area contributed by atoms with E-state index in [9.17, 15) is 30.3 Å². The Morgan fingerprint density at radius 3 is 2.44 bits per heavy atom. The van der Waals surface area contributed by atoms with E-state index >= 15 is 4.79 Å². The topological polar surface area (TPSA) is 196 Å². The van der Waals surface area contributed by atoms with Crippen LogP contribution in [0.25, 0.3) is 10.8 Å². The maximum Gasteiger partial charge on any atom is 0.173 e. The molecule has 3 aliphatic carbocycles. The lowest BCUT2D eigenvalue weighted by atomic mass is 9.72. The Morgan fingerprint density at radius 1 is 0.810 bits per heavy atom. The van der Waals surface area contributed by atoms with E-state index in [1.807, 2.05) is 36.5 Å². The van der Waals surface area contributed by atoms with Crippen LogP contribution in [0.15, 0.2) is 103 Å². The lowest BCUT2D eigenvalue weighted by Crippen LogP contribution is -2.40. The number of carbonyl (C=O) groups excluding carboxylic acids is 2. The number of dihydropyridines is 1. The van der Waals surface area contributed by atoms with Crippen LogP contribution in [0, 0.1) is 47.3 Å². The molecule has 1 aromatic heterocycles. The number of aryl methyl sites for hydroxylation is 1. The molecular weight excluding hydrogens is 989 g/mol. The molecule has 3 heterocycles. The van der Waals surface area contributed by atoms with Gasteiger partial charge in [0.1, 0.15) is 11.6 Å². The first-order chi connectivity index (χ1) is 38.2. The Bertz CT molecular complexity index is 3130. The van der Waals surface area contributed by atoms with Crippen molar-refractivity contribution >= 4 is 28.0 Å². The third-order valence-electron chi connectivity index (χ3n) is 18.3. The van der Waals surface area contributed by atoms with Gasteiger partial charge in [-0.25, -0.2) is 0 Å². The molecule has 12 atom stereocenters. The molecule has 418 valence electrons. The van der Waals surface area contributed by atoms with E-state index in [-0.39, 0.29) is 60.2 Å². The van der Waals surface area contributed by atoms with Gasteiger partial charge >= 0.3 is 0 Å². The molecule has 4 aromatic carbocycles. The van der Waals surface area contributed by atoms with Crippen molar-refractivity contribution < 1.29 is 39.9 Å². The highest BCUT2D eigenvalue weighted by Crippen LogP contribution is 2.47. The molecule has 2 saturated carbocycles. The zero-order chi connectivity index (χ0) is 55.3. The number of H-pyrrole nitrogens is 1. The van der Waals surface area contributed by atoms with Crippen LogP contribution >= 0.6 is 0 Å². The SMILES string of the molecule is CCC[C@@H]1[C@H]2C[C@@H](CC3=CCNC(=C3)Nc3ccc4ccc(c(O)c4c3)C[C@H](O)CNC[C@H](C)c3c[nH]c(c3)C[C@H]1O)C[C@@H]1C#C[C@H](c3ccccc3[C@H]3CCC[C@H](C)C3)c3cc(O)c(OC)cc3CCC(=O)[C@H](O)C(=O)[C@H]1C2. The number of aromatic hydroxyl groups is 2. The fourth-order valence-corrected chi connectivity index (χ4v) is 14.1. The predicted octanol–water partition coefficient (Wildman–Crippen LogP) is 10.6. The number of fused-ring (bicyclic) bond motifs is 9. The standard InChI is InChI=1S/C67H82N4O8/c1-5-9-54-48-27-42(25-41-22-23-69-64(28-41)71-50-19-16-43-14-15-47(65(76)59(43)33-50)30-52(72)38-68-36-40(3)49-29-51(70-37-49)34-61(54)74)26-45-17-20-56(55-13-7-6-12-53(55)44-11-8-10-39(2)24-44)57-35-62(75)63(79-4)32-46(57)18-21-60(73)67(78)66(77)58(45)31-48/h6-7,12-16,19,22,28-29,32-33,35,37,39-40,42,44-45,48,52,54,56,58,61,67-72,74-76,78H,5,8-11,18,21,23-27,30-31,34,36,38H2,1-4H3/t39-,40-,42-,44-,45-,48-,52-,54+,56+,58-,61+,67-/m0/s1. The summed E-state index contributed by atoms with van der Waals surface area (Å²) >= 11 is 0. The molecule has 5 aromatic rings. The number of β-amino-alcohol motifs (C(OH)–C–C–N with tert-alkyl or cyclic N) is 1. The van der Waals surface area contributed by atoms with E-state index in [4.69, 9.17) is 4.74 Å². The number of hydrogen-bond donors (Lipinski definition) is 9. The Hall–Kier alpha value is -6.36. The van der Waals surface area contributed by atoms with Gasteiger partial charge in [0.25, 0.3) is 0 Å². The molecular formula is C67H82N4O8. The summed E-state index contributed by atoms with van der Waals surface area (Å²) in [6.07, 6.45) is 12.1. The van der Waals surface area contributed by atoms with Gasteiger partial charge in [-0.3, -0.25) is 9.59 Å². The minimum absolute atomic E-state index is 0.00221. The molecule has 0 radical (unpaired) electrons. The molecule has 0 unspecified atom stereocenters. The number of nitrogens with one attached hydrogen (secondary N) is 4. The van der Waals surface area contributed by atoms with E-state index in [2.05, 4.69) is 96.0 Å². The molecule has 2 fully saturated rings. The van der Waals surface area contributed by atoms with Crippen molar-refractivity contribution in [2.24, 2.45) is 35.5 Å². The van der Waals surface area contributed by atoms with Gasteiger partial charge in [0.15, 0.2) is 29.2 Å².